The first kappa shape index (κ1) is 12.8. The minimum absolute atomic E-state index is 0.679. The van der Waals surface area contributed by atoms with E-state index in [1.54, 1.807) is 0 Å². The molecule has 0 radical (unpaired) electrons. The minimum atomic E-state index is 0.679. The molecule has 2 aromatic rings. The smallest absolute Gasteiger partial charge is 0.0419 e. The molecule has 2 nitrogen and oxygen atoms in total. The van der Waals surface area contributed by atoms with Crippen molar-refractivity contribution in [3.63, 3.8) is 0 Å². The lowest BCUT2D eigenvalue weighted by atomic mass is 9.98. The van der Waals surface area contributed by atoms with Crippen LogP contribution in [0.15, 0.2) is 48.5 Å². The molecule has 0 aliphatic carbocycles. The first-order chi connectivity index (χ1) is 10.4. The zero-order valence-corrected chi connectivity index (χ0v) is 12.4. The molecule has 1 fully saturated rings. The number of nitrogens with one attached hydrogen (secondary N) is 1. The summed E-state index contributed by atoms with van der Waals surface area (Å²) in [6.07, 6.45) is 3.73. The highest BCUT2D eigenvalue weighted by Gasteiger charge is 2.26. The normalized spacial score (nSPS) is 21.0. The van der Waals surface area contributed by atoms with E-state index in [1.165, 1.54) is 48.3 Å². The van der Waals surface area contributed by atoms with E-state index in [0.29, 0.717) is 5.92 Å². The lowest BCUT2D eigenvalue weighted by molar-refractivity contribution is 0.773. The van der Waals surface area contributed by atoms with Crippen LogP contribution in [0, 0.1) is 0 Å². The highest BCUT2D eigenvalue weighted by molar-refractivity contribution is 5.68. The van der Waals surface area contributed by atoms with Gasteiger partial charge >= 0.3 is 0 Å². The molecule has 2 aromatic carbocycles. The molecule has 2 heterocycles. The van der Waals surface area contributed by atoms with Gasteiger partial charge in [0.25, 0.3) is 0 Å². The van der Waals surface area contributed by atoms with E-state index in [0.717, 1.165) is 13.1 Å². The molecular formula is C19H22N2. The molecule has 108 valence electrons. The van der Waals surface area contributed by atoms with Gasteiger partial charge < -0.3 is 10.2 Å². The lowest BCUT2D eigenvalue weighted by Gasteiger charge is -2.27. The molecule has 1 atom stereocenters. The Balaban J connectivity index is 1.59. The molecule has 4 rings (SSSR count). The Morgan fingerprint density at radius 1 is 1.00 bits per heavy atom. The Morgan fingerprint density at radius 3 is 2.81 bits per heavy atom. The predicted octanol–water partition coefficient (Wildman–Crippen LogP) is 4.04. The number of fused-ring (bicyclic) bond motifs is 1. The van der Waals surface area contributed by atoms with Crippen LogP contribution in [-0.2, 0) is 6.42 Å². The molecular weight excluding hydrogens is 256 g/mol. The number of benzene rings is 2. The fourth-order valence-electron chi connectivity index (χ4n) is 3.76. The second kappa shape index (κ2) is 5.44. The molecule has 0 bridgehead atoms. The van der Waals surface area contributed by atoms with E-state index >= 15 is 0 Å². The molecule has 2 heteroatoms. The average Bonchev–Trinajstić information content (AvgIpc) is 3.05. The van der Waals surface area contributed by atoms with Gasteiger partial charge in [-0.3, -0.25) is 0 Å². The Bertz CT molecular complexity index is 621. The molecule has 1 N–H and O–H groups in total. The Kier molecular flexibility index (Phi) is 3.30. The third-order valence-corrected chi connectivity index (χ3v) is 4.87. The van der Waals surface area contributed by atoms with Crippen molar-refractivity contribution in [3.05, 3.63) is 59.7 Å². The third-order valence-electron chi connectivity index (χ3n) is 4.87. The van der Waals surface area contributed by atoms with Gasteiger partial charge in [-0.15, -0.1) is 0 Å². The second-order valence-corrected chi connectivity index (χ2v) is 6.18. The highest BCUT2D eigenvalue weighted by atomic mass is 15.2. The van der Waals surface area contributed by atoms with E-state index in [1.807, 2.05) is 0 Å². The Hall–Kier alpha value is -1.96. The minimum Gasteiger partial charge on any atom is -0.385 e. The number of rotatable bonds is 2. The summed E-state index contributed by atoms with van der Waals surface area (Å²) in [6.45, 7) is 3.44. The molecule has 0 aromatic heterocycles. The maximum atomic E-state index is 3.54. The van der Waals surface area contributed by atoms with Crippen LogP contribution in [0.4, 0.5) is 11.4 Å². The fourth-order valence-corrected chi connectivity index (χ4v) is 3.76. The fraction of sp³-hybridized carbons (Fsp3) is 0.368. The van der Waals surface area contributed by atoms with Gasteiger partial charge in [0, 0.05) is 36.9 Å². The molecule has 1 unspecified atom stereocenters. The van der Waals surface area contributed by atoms with Gasteiger partial charge in [-0.2, -0.15) is 0 Å². The van der Waals surface area contributed by atoms with Crippen LogP contribution in [0.1, 0.15) is 29.9 Å². The highest BCUT2D eigenvalue weighted by Crippen LogP contribution is 2.36. The van der Waals surface area contributed by atoms with Gasteiger partial charge in [0.15, 0.2) is 0 Å². The van der Waals surface area contributed by atoms with Gasteiger partial charge in [-0.25, -0.2) is 0 Å². The molecule has 2 aliphatic rings. The standard InChI is InChI=1S/C19H22N2/c1-2-6-15(7-3-1)16-11-13-21(14-16)19-10-4-9-18-17(19)8-5-12-20-18/h1-4,6-7,9-10,16,20H,5,8,11-14H2. The zero-order chi connectivity index (χ0) is 14.1. The number of anilines is 2. The van der Waals surface area contributed by atoms with E-state index in [4.69, 9.17) is 0 Å². The van der Waals surface area contributed by atoms with Crippen molar-refractivity contribution in [2.24, 2.45) is 0 Å². The molecule has 21 heavy (non-hydrogen) atoms. The van der Waals surface area contributed by atoms with E-state index in [2.05, 4.69) is 58.7 Å². The summed E-state index contributed by atoms with van der Waals surface area (Å²) in [5, 5.41) is 3.54. The number of hydrogen-bond acceptors (Lipinski definition) is 2. The zero-order valence-electron chi connectivity index (χ0n) is 12.4. The molecule has 0 amide bonds. The largest absolute Gasteiger partial charge is 0.385 e. The summed E-state index contributed by atoms with van der Waals surface area (Å²) in [6, 6.07) is 17.7. The second-order valence-electron chi connectivity index (χ2n) is 6.18. The van der Waals surface area contributed by atoms with Crippen LogP contribution in [0.2, 0.25) is 0 Å². The van der Waals surface area contributed by atoms with Crippen LogP contribution in [0.3, 0.4) is 0 Å². The van der Waals surface area contributed by atoms with Crippen LogP contribution >= 0.6 is 0 Å². The van der Waals surface area contributed by atoms with Crippen molar-refractivity contribution in [2.75, 3.05) is 29.9 Å². The summed E-state index contributed by atoms with van der Waals surface area (Å²) in [7, 11) is 0. The van der Waals surface area contributed by atoms with Crippen LogP contribution in [0.5, 0.6) is 0 Å². The summed E-state index contributed by atoms with van der Waals surface area (Å²) in [5.41, 5.74) is 5.82. The summed E-state index contributed by atoms with van der Waals surface area (Å²) < 4.78 is 0. The van der Waals surface area contributed by atoms with Crippen molar-refractivity contribution in [1.82, 2.24) is 0 Å². The maximum absolute atomic E-state index is 3.54. The maximum Gasteiger partial charge on any atom is 0.0419 e. The summed E-state index contributed by atoms with van der Waals surface area (Å²) >= 11 is 0. The predicted molar refractivity (Wildman–Crippen MR) is 89.3 cm³/mol. The number of hydrogen-bond donors (Lipinski definition) is 1. The van der Waals surface area contributed by atoms with Crippen molar-refractivity contribution in [1.29, 1.82) is 0 Å². The molecule has 1 saturated heterocycles. The summed E-state index contributed by atoms with van der Waals surface area (Å²) in [4.78, 5) is 2.59. The molecule has 0 saturated carbocycles. The van der Waals surface area contributed by atoms with Crippen molar-refractivity contribution in [3.8, 4) is 0 Å². The van der Waals surface area contributed by atoms with Crippen LogP contribution in [-0.4, -0.2) is 19.6 Å². The van der Waals surface area contributed by atoms with Gasteiger partial charge in [0.2, 0.25) is 0 Å². The molecule has 2 aliphatic heterocycles. The van der Waals surface area contributed by atoms with Gasteiger partial charge in [0.05, 0.1) is 0 Å². The van der Waals surface area contributed by atoms with Crippen molar-refractivity contribution >= 4 is 11.4 Å². The van der Waals surface area contributed by atoms with E-state index in [9.17, 15) is 0 Å². The van der Waals surface area contributed by atoms with Crippen molar-refractivity contribution in [2.45, 2.75) is 25.2 Å². The monoisotopic (exact) mass is 278 g/mol. The Morgan fingerprint density at radius 2 is 1.90 bits per heavy atom. The summed E-state index contributed by atoms with van der Waals surface area (Å²) in [5.74, 6) is 0.679. The van der Waals surface area contributed by atoms with Crippen molar-refractivity contribution < 1.29 is 0 Å². The number of nitrogens with zero attached hydrogens (tertiary/aromatic N) is 1. The van der Waals surface area contributed by atoms with Gasteiger partial charge in [0.1, 0.15) is 0 Å². The van der Waals surface area contributed by atoms with Gasteiger partial charge in [-0.1, -0.05) is 36.4 Å². The van der Waals surface area contributed by atoms with Gasteiger partial charge in [-0.05, 0) is 42.5 Å². The first-order valence-electron chi connectivity index (χ1n) is 8.07. The SMILES string of the molecule is c1ccc(C2CCN(c3cccc4c3CCCN4)C2)cc1. The Labute approximate surface area is 126 Å². The quantitative estimate of drug-likeness (QED) is 0.892. The third kappa shape index (κ3) is 2.39. The average molecular weight is 278 g/mol. The van der Waals surface area contributed by atoms with Crippen LogP contribution in [0.25, 0.3) is 0 Å². The topological polar surface area (TPSA) is 15.3 Å². The molecule has 0 spiro atoms. The first-order valence-corrected chi connectivity index (χ1v) is 8.07. The van der Waals surface area contributed by atoms with Crippen LogP contribution < -0.4 is 10.2 Å². The van der Waals surface area contributed by atoms with E-state index < -0.39 is 0 Å². The lowest BCUT2D eigenvalue weighted by Crippen LogP contribution is -2.23. The van der Waals surface area contributed by atoms with E-state index in [-0.39, 0.29) is 0 Å².